The second kappa shape index (κ2) is 8.74. The Balaban J connectivity index is 1.69. The standard InChI is InChI=1S/C23H27N3O2/c1-5-22(28-20-11-10-16(2)17(3)14-20)23(27)25-15-19-8-6-7-9-21(19)26-13-12-24-18(26)4/h6-14,22H,5,15H2,1-4H3,(H,25,27). The number of carbonyl (C=O) groups excluding carboxylic acids is 1. The van der Waals surface area contributed by atoms with E-state index in [1.54, 1.807) is 6.20 Å². The lowest BCUT2D eigenvalue weighted by Crippen LogP contribution is -2.37. The van der Waals surface area contributed by atoms with Crippen LogP contribution in [0.5, 0.6) is 5.75 Å². The summed E-state index contributed by atoms with van der Waals surface area (Å²) in [4.78, 5) is 17.0. The highest BCUT2D eigenvalue weighted by Gasteiger charge is 2.19. The summed E-state index contributed by atoms with van der Waals surface area (Å²) in [5.74, 6) is 1.51. The molecule has 0 aliphatic heterocycles. The summed E-state index contributed by atoms with van der Waals surface area (Å²) in [6, 6.07) is 13.9. The van der Waals surface area contributed by atoms with E-state index in [4.69, 9.17) is 4.74 Å². The van der Waals surface area contributed by atoms with Crippen molar-refractivity contribution in [2.75, 3.05) is 0 Å². The van der Waals surface area contributed by atoms with Crippen LogP contribution in [0, 0.1) is 20.8 Å². The number of hydrogen-bond acceptors (Lipinski definition) is 3. The Hall–Kier alpha value is -3.08. The third kappa shape index (κ3) is 4.42. The number of ether oxygens (including phenoxy) is 1. The molecule has 0 radical (unpaired) electrons. The number of benzene rings is 2. The molecular weight excluding hydrogens is 350 g/mol. The molecule has 146 valence electrons. The number of nitrogens with zero attached hydrogens (tertiary/aromatic N) is 2. The van der Waals surface area contributed by atoms with Gasteiger partial charge in [-0.15, -0.1) is 0 Å². The molecule has 1 atom stereocenters. The maximum Gasteiger partial charge on any atom is 0.261 e. The van der Waals surface area contributed by atoms with Crippen molar-refractivity contribution in [3.05, 3.63) is 77.4 Å². The van der Waals surface area contributed by atoms with Gasteiger partial charge in [-0.25, -0.2) is 4.98 Å². The van der Waals surface area contributed by atoms with E-state index in [-0.39, 0.29) is 5.91 Å². The normalized spacial score (nSPS) is 11.9. The quantitative estimate of drug-likeness (QED) is 0.669. The molecule has 0 fully saturated rings. The third-order valence-electron chi connectivity index (χ3n) is 4.95. The molecule has 1 aromatic heterocycles. The second-order valence-corrected chi connectivity index (χ2v) is 6.95. The lowest BCUT2D eigenvalue weighted by atomic mass is 10.1. The van der Waals surface area contributed by atoms with Gasteiger partial charge in [0.1, 0.15) is 11.6 Å². The first kappa shape index (κ1) is 19.7. The van der Waals surface area contributed by atoms with E-state index >= 15 is 0 Å². The van der Waals surface area contributed by atoms with E-state index in [2.05, 4.69) is 17.2 Å². The Morgan fingerprint density at radius 3 is 2.61 bits per heavy atom. The summed E-state index contributed by atoms with van der Waals surface area (Å²) in [5, 5.41) is 3.02. The van der Waals surface area contributed by atoms with Crippen LogP contribution < -0.4 is 10.1 Å². The van der Waals surface area contributed by atoms with E-state index in [0.717, 1.165) is 28.4 Å². The zero-order valence-electron chi connectivity index (χ0n) is 16.9. The van der Waals surface area contributed by atoms with Gasteiger partial charge in [-0.3, -0.25) is 4.79 Å². The fourth-order valence-corrected chi connectivity index (χ4v) is 3.10. The van der Waals surface area contributed by atoms with Gasteiger partial charge in [0.15, 0.2) is 6.10 Å². The molecule has 0 spiro atoms. The van der Waals surface area contributed by atoms with Crippen molar-refractivity contribution in [2.24, 2.45) is 0 Å². The number of aromatic nitrogens is 2. The fourth-order valence-electron chi connectivity index (χ4n) is 3.10. The summed E-state index contributed by atoms with van der Waals surface area (Å²) < 4.78 is 7.96. The number of aryl methyl sites for hydroxylation is 3. The topological polar surface area (TPSA) is 56.1 Å². The Labute approximate surface area is 166 Å². The Morgan fingerprint density at radius 2 is 1.93 bits per heavy atom. The molecule has 1 amide bonds. The average molecular weight is 377 g/mol. The largest absolute Gasteiger partial charge is 0.481 e. The summed E-state index contributed by atoms with van der Waals surface area (Å²) in [6.45, 7) is 8.44. The first-order valence-corrected chi connectivity index (χ1v) is 9.59. The van der Waals surface area contributed by atoms with Gasteiger partial charge in [0.25, 0.3) is 5.91 Å². The van der Waals surface area contributed by atoms with Gasteiger partial charge in [-0.2, -0.15) is 0 Å². The SMILES string of the molecule is CCC(Oc1ccc(C)c(C)c1)C(=O)NCc1ccccc1-n1ccnc1C. The van der Waals surface area contributed by atoms with Crippen LogP contribution >= 0.6 is 0 Å². The first-order valence-electron chi connectivity index (χ1n) is 9.59. The van der Waals surface area contributed by atoms with Crippen molar-refractivity contribution < 1.29 is 9.53 Å². The van der Waals surface area contributed by atoms with Crippen molar-refractivity contribution in [3.63, 3.8) is 0 Å². The van der Waals surface area contributed by atoms with Crippen LogP contribution in [0.25, 0.3) is 5.69 Å². The predicted molar refractivity (Wildman–Crippen MR) is 111 cm³/mol. The number of para-hydroxylation sites is 1. The van der Waals surface area contributed by atoms with E-state index in [9.17, 15) is 4.79 Å². The van der Waals surface area contributed by atoms with Gasteiger partial charge >= 0.3 is 0 Å². The minimum atomic E-state index is -0.524. The van der Waals surface area contributed by atoms with Gasteiger partial charge in [0, 0.05) is 18.9 Å². The zero-order chi connectivity index (χ0) is 20.1. The van der Waals surface area contributed by atoms with E-state index in [1.807, 2.05) is 74.0 Å². The minimum Gasteiger partial charge on any atom is -0.481 e. The molecule has 1 heterocycles. The maximum atomic E-state index is 12.7. The van der Waals surface area contributed by atoms with Crippen molar-refractivity contribution in [2.45, 2.75) is 46.8 Å². The maximum absolute atomic E-state index is 12.7. The molecule has 0 saturated heterocycles. The lowest BCUT2D eigenvalue weighted by Gasteiger charge is -2.19. The highest BCUT2D eigenvalue weighted by Crippen LogP contribution is 2.19. The molecule has 5 heteroatoms. The van der Waals surface area contributed by atoms with Crippen LogP contribution in [0.1, 0.15) is 35.9 Å². The lowest BCUT2D eigenvalue weighted by molar-refractivity contribution is -0.128. The van der Waals surface area contributed by atoms with Crippen molar-refractivity contribution in [1.29, 1.82) is 0 Å². The summed E-state index contributed by atoms with van der Waals surface area (Å²) in [7, 11) is 0. The molecule has 28 heavy (non-hydrogen) atoms. The van der Waals surface area contributed by atoms with E-state index in [1.165, 1.54) is 5.56 Å². The van der Waals surface area contributed by atoms with Gasteiger partial charge in [-0.1, -0.05) is 31.2 Å². The van der Waals surface area contributed by atoms with Crippen LogP contribution in [-0.2, 0) is 11.3 Å². The fraction of sp³-hybridized carbons (Fsp3) is 0.304. The molecule has 0 bridgehead atoms. The molecule has 0 aliphatic carbocycles. The molecule has 3 rings (SSSR count). The number of imidazole rings is 1. The number of nitrogens with one attached hydrogen (secondary N) is 1. The van der Waals surface area contributed by atoms with Crippen LogP contribution in [0.3, 0.4) is 0 Å². The van der Waals surface area contributed by atoms with Crippen LogP contribution in [0.15, 0.2) is 54.9 Å². The van der Waals surface area contributed by atoms with Gasteiger partial charge < -0.3 is 14.6 Å². The molecule has 1 N–H and O–H groups in total. The highest BCUT2D eigenvalue weighted by atomic mass is 16.5. The van der Waals surface area contributed by atoms with Gasteiger partial charge in [0.05, 0.1) is 5.69 Å². The number of hydrogen-bond donors (Lipinski definition) is 1. The Kier molecular flexibility index (Phi) is 6.14. The molecule has 5 nitrogen and oxygen atoms in total. The number of carbonyl (C=O) groups is 1. The predicted octanol–water partition coefficient (Wildman–Crippen LogP) is 4.27. The molecular formula is C23H27N3O2. The summed E-state index contributed by atoms with van der Waals surface area (Å²) in [5.41, 5.74) is 4.40. The van der Waals surface area contributed by atoms with Crippen molar-refractivity contribution >= 4 is 5.91 Å². The Morgan fingerprint density at radius 1 is 1.14 bits per heavy atom. The average Bonchev–Trinajstić information content (AvgIpc) is 3.12. The van der Waals surface area contributed by atoms with Crippen molar-refractivity contribution in [1.82, 2.24) is 14.9 Å². The smallest absolute Gasteiger partial charge is 0.261 e. The van der Waals surface area contributed by atoms with Gasteiger partial charge in [0.2, 0.25) is 0 Å². The molecule has 0 saturated carbocycles. The molecule has 2 aromatic carbocycles. The van der Waals surface area contributed by atoms with E-state index in [0.29, 0.717) is 13.0 Å². The second-order valence-electron chi connectivity index (χ2n) is 6.95. The number of rotatable bonds is 7. The number of amides is 1. The molecule has 0 aliphatic rings. The van der Waals surface area contributed by atoms with Crippen LogP contribution in [0.4, 0.5) is 0 Å². The zero-order valence-corrected chi connectivity index (χ0v) is 16.9. The molecule has 1 unspecified atom stereocenters. The monoisotopic (exact) mass is 377 g/mol. The minimum absolute atomic E-state index is 0.113. The molecule has 3 aromatic rings. The summed E-state index contributed by atoms with van der Waals surface area (Å²) >= 11 is 0. The first-order chi connectivity index (χ1) is 13.5. The van der Waals surface area contributed by atoms with Crippen molar-refractivity contribution in [3.8, 4) is 11.4 Å². The van der Waals surface area contributed by atoms with E-state index < -0.39 is 6.10 Å². The highest BCUT2D eigenvalue weighted by molar-refractivity contribution is 5.81. The van der Waals surface area contributed by atoms with Crippen LogP contribution in [-0.4, -0.2) is 21.6 Å². The third-order valence-corrected chi connectivity index (χ3v) is 4.95. The van der Waals surface area contributed by atoms with Crippen LogP contribution in [0.2, 0.25) is 0 Å². The summed E-state index contributed by atoms with van der Waals surface area (Å²) in [6.07, 6.45) is 3.77. The Bertz CT molecular complexity index is 962. The van der Waals surface area contributed by atoms with Gasteiger partial charge in [-0.05, 0) is 62.1 Å².